The lowest BCUT2D eigenvalue weighted by Gasteiger charge is -2.13. The molecule has 2 N–H and O–H groups in total. The zero-order valence-corrected chi connectivity index (χ0v) is 10.6. The quantitative estimate of drug-likeness (QED) is 0.846. The van der Waals surface area contributed by atoms with Crippen molar-refractivity contribution in [3.05, 3.63) is 30.4 Å². The van der Waals surface area contributed by atoms with Gasteiger partial charge in [0.05, 0.1) is 18.4 Å². The van der Waals surface area contributed by atoms with Crippen molar-refractivity contribution in [2.24, 2.45) is 0 Å². The van der Waals surface area contributed by atoms with Crippen molar-refractivity contribution in [2.45, 2.75) is 26.3 Å². The number of nitrogens with zero attached hydrogens (tertiary/aromatic N) is 2. The first kappa shape index (κ1) is 12.6. The van der Waals surface area contributed by atoms with Gasteiger partial charge in [-0.05, 0) is 19.4 Å². The molecule has 2 aromatic heterocycles. The molecule has 2 aromatic rings. The molecule has 2 rings (SSSR count). The van der Waals surface area contributed by atoms with E-state index in [0.717, 1.165) is 23.5 Å². The van der Waals surface area contributed by atoms with Gasteiger partial charge in [-0.2, -0.15) is 0 Å². The van der Waals surface area contributed by atoms with Gasteiger partial charge in [0.1, 0.15) is 12.1 Å². The molecule has 0 saturated carbocycles. The lowest BCUT2D eigenvalue weighted by molar-refractivity contribution is 0.281. The van der Waals surface area contributed by atoms with Gasteiger partial charge in [-0.1, -0.05) is 6.92 Å². The van der Waals surface area contributed by atoms with Crippen molar-refractivity contribution in [3.8, 4) is 11.4 Å². The number of aliphatic hydroxyl groups is 1. The maximum Gasteiger partial charge on any atom is 0.164 e. The molecule has 0 aliphatic heterocycles. The van der Waals surface area contributed by atoms with E-state index < -0.39 is 0 Å². The highest BCUT2D eigenvalue weighted by Crippen LogP contribution is 2.19. The molecule has 0 bridgehead atoms. The highest BCUT2D eigenvalue weighted by molar-refractivity contribution is 5.56. The number of hydrogen-bond donors (Lipinski definition) is 2. The van der Waals surface area contributed by atoms with E-state index in [0.29, 0.717) is 5.82 Å². The smallest absolute Gasteiger partial charge is 0.164 e. The number of aromatic nitrogens is 2. The van der Waals surface area contributed by atoms with E-state index >= 15 is 0 Å². The average Bonchev–Trinajstić information content (AvgIpc) is 2.92. The molecular weight excluding hydrogens is 230 g/mol. The normalized spacial score (nSPS) is 12.4. The van der Waals surface area contributed by atoms with Gasteiger partial charge in [0.25, 0.3) is 0 Å². The maximum atomic E-state index is 9.05. The second kappa shape index (κ2) is 5.64. The summed E-state index contributed by atoms with van der Waals surface area (Å²) in [6.45, 7) is 4.00. The third-order valence-corrected chi connectivity index (χ3v) is 2.59. The van der Waals surface area contributed by atoms with Gasteiger partial charge in [0, 0.05) is 17.8 Å². The van der Waals surface area contributed by atoms with Crippen molar-refractivity contribution < 1.29 is 9.52 Å². The Morgan fingerprint density at radius 2 is 2.28 bits per heavy atom. The number of aliphatic hydroxyl groups excluding tert-OH is 1. The van der Waals surface area contributed by atoms with Crippen molar-refractivity contribution in [2.75, 3.05) is 11.9 Å². The standard InChI is InChI=1S/C13H17N3O2/c1-3-11-6-12(14-9(2)7-17)16-13(15-11)10-4-5-18-8-10/h4-6,8-9,17H,3,7H2,1-2H3,(H,14,15,16). The Labute approximate surface area is 106 Å². The molecule has 5 nitrogen and oxygen atoms in total. The number of furan rings is 1. The lowest BCUT2D eigenvalue weighted by Crippen LogP contribution is -2.20. The molecule has 96 valence electrons. The van der Waals surface area contributed by atoms with Gasteiger partial charge < -0.3 is 14.8 Å². The van der Waals surface area contributed by atoms with Crippen LogP contribution in [0.1, 0.15) is 19.5 Å². The van der Waals surface area contributed by atoms with Crippen LogP contribution in [0.25, 0.3) is 11.4 Å². The van der Waals surface area contributed by atoms with Gasteiger partial charge in [-0.15, -0.1) is 0 Å². The summed E-state index contributed by atoms with van der Waals surface area (Å²) in [5.41, 5.74) is 1.80. The molecule has 0 spiro atoms. The van der Waals surface area contributed by atoms with Crippen LogP contribution in [0.3, 0.4) is 0 Å². The van der Waals surface area contributed by atoms with Crippen LogP contribution in [-0.2, 0) is 6.42 Å². The summed E-state index contributed by atoms with van der Waals surface area (Å²) in [6.07, 6.45) is 4.05. The Morgan fingerprint density at radius 3 is 2.89 bits per heavy atom. The number of rotatable bonds is 5. The topological polar surface area (TPSA) is 71.2 Å². The summed E-state index contributed by atoms with van der Waals surface area (Å²) in [4.78, 5) is 8.87. The second-order valence-corrected chi connectivity index (χ2v) is 4.16. The van der Waals surface area contributed by atoms with E-state index in [9.17, 15) is 0 Å². The van der Waals surface area contributed by atoms with Crippen LogP contribution < -0.4 is 5.32 Å². The highest BCUT2D eigenvalue weighted by Gasteiger charge is 2.08. The number of hydrogen-bond acceptors (Lipinski definition) is 5. The summed E-state index contributed by atoms with van der Waals surface area (Å²) in [6, 6.07) is 3.69. The zero-order chi connectivity index (χ0) is 13.0. The van der Waals surface area contributed by atoms with Gasteiger partial charge >= 0.3 is 0 Å². The molecule has 0 aliphatic carbocycles. The Kier molecular flexibility index (Phi) is 3.94. The van der Waals surface area contributed by atoms with Crippen LogP contribution >= 0.6 is 0 Å². The first-order valence-electron chi connectivity index (χ1n) is 6.01. The molecular formula is C13H17N3O2. The van der Waals surface area contributed by atoms with E-state index in [4.69, 9.17) is 9.52 Å². The predicted molar refractivity (Wildman–Crippen MR) is 69.3 cm³/mol. The fourth-order valence-electron chi connectivity index (χ4n) is 1.57. The van der Waals surface area contributed by atoms with Gasteiger partial charge in [-0.25, -0.2) is 9.97 Å². The largest absolute Gasteiger partial charge is 0.472 e. The molecule has 0 radical (unpaired) electrons. The maximum absolute atomic E-state index is 9.05. The van der Waals surface area contributed by atoms with Crippen LogP contribution in [0, 0.1) is 0 Å². The van der Waals surface area contributed by atoms with Crippen molar-refractivity contribution in [1.82, 2.24) is 9.97 Å². The van der Waals surface area contributed by atoms with Crippen molar-refractivity contribution in [1.29, 1.82) is 0 Å². The van der Waals surface area contributed by atoms with Crippen molar-refractivity contribution in [3.63, 3.8) is 0 Å². The van der Waals surface area contributed by atoms with Crippen LogP contribution in [-0.4, -0.2) is 27.7 Å². The average molecular weight is 247 g/mol. The SMILES string of the molecule is CCc1cc(NC(C)CO)nc(-c2ccoc2)n1. The summed E-state index contributed by atoms with van der Waals surface area (Å²) in [5, 5.41) is 12.2. The van der Waals surface area contributed by atoms with Crippen LogP contribution in [0.5, 0.6) is 0 Å². The van der Waals surface area contributed by atoms with E-state index in [2.05, 4.69) is 15.3 Å². The van der Waals surface area contributed by atoms with E-state index in [-0.39, 0.29) is 12.6 Å². The molecule has 2 heterocycles. The van der Waals surface area contributed by atoms with Gasteiger partial charge in [0.15, 0.2) is 5.82 Å². The third kappa shape index (κ3) is 2.87. The summed E-state index contributed by atoms with van der Waals surface area (Å²) >= 11 is 0. The monoisotopic (exact) mass is 247 g/mol. The Balaban J connectivity index is 2.33. The van der Waals surface area contributed by atoms with Crippen molar-refractivity contribution >= 4 is 5.82 Å². The van der Waals surface area contributed by atoms with E-state index in [1.807, 2.05) is 26.0 Å². The van der Waals surface area contributed by atoms with Crippen LogP contribution in [0.4, 0.5) is 5.82 Å². The fraction of sp³-hybridized carbons (Fsp3) is 0.385. The Hall–Kier alpha value is -1.88. The first-order valence-corrected chi connectivity index (χ1v) is 6.01. The van der Waals surface area contributed by atoms with Crippen LogP contribution in [0.2, 0.25) is 0 Å². The van der Waals surface area contributed by atoms with E-state index in [1.54, 1.807) is 12.5 Å². The summed E-state index contributed by atoms with van der Waals surface area (Å²) in [5.74, 6) is 1.36. The molecule has 0 fully saturated rings. The first-order chi connectivity index (χ1) is 8.72. The minimum atomic E-state index is -0.0400. The molecule has 0 aromatic carbocycles. The molecule has 0 saturated heterocycles. The molecule has 5 heteroatoms. The number of nitrogens with one attached hydrogen (secondary N) is 1. The molecule has 1 atom stereocenters. The highest BCUT2D eigenvalue weighted by atomic mass is 16.3. The van der Waals surface area contributed by atoms with Gasteiger partial charge in [0.2, 0.25) is 0 Å². The van der Waals surface area contributed by atoms with E-state index in [1.165, 1.54) is 0 Å². The Morgan fingerprint density at radius 1 is 1.44 bits per heavy atom. The minimum absolute atomic E-state index is 0.0400. The summed E-state index contributed by atoms with van der Waals surface area (Å²) < 4.78 is 5.04. The summed E-state index contributed by atoms with van der Waals surface area (Å²) in [7, 11) is 0. The van der Waals surface area contributed by atoms with Gasteiger partial charge in [-0.3, -0.25) is 0 Å². The molecule has 1 unspecified atom stereocenters. The number of anilines is 1. The van der Waals surface area contributed by atoms with Crippen LogP contribution in [0.15, 0.2) is 29.1 Å². The number of aryl methyl sites for hydroxylation is 1. The Bertz CT molecular complexity index is 497. The third-order valence-electron chi connectivity index (χ3n) is 2.59. The second-order valence-electron chi connectivity index (χ2n) is 4.16. The fourth-order valence-corrected chi connectivity index (χ4v) is 1.57. The predicted octanol–water partition coefficient (Wildman–Crippen LogP) is 2.09. The lowest BCUT2D eigenvalue weighted by atomic mass is 10.2. The minimum Gasteiger partial charge on any atom is -0.472 e. The molecule has 18 heavy (non-hydrogen) atoms. The molecule has 0 aliphatic rings. The molecule has 0 amide bonds. The zero-order valence-electron chi connectivity index (χ0n) is 10.6.